The molecule has 92 valence electrons. The van der Waals surface area contributed by atoms with E-state index < -0.39 is 0 Å². The Morgan fingerprint density at radius 2 is 2.00 bits per heavy atom. The van der Waals surface area contributed by atoms with Gasteiger partial charge >= 0.3 is 0 Å². The number of hydrogen-bond acceptors (Lipinski definition) is 0. The van der Waals surface area contributed by atoms with Crippen LogP contribution < -0.4 is 0 Å². The Balaban J connectivity index is 2.48. The quantitative estimate of drug-likeness (QED) is 0.645. The SMILES string of the molecule is CCC1=C(c2cc(C)ccc2C)CC(C)CC1. The van der Waals surface area contributed by atoms with E-state index in [0.717, 1.165) is 5.92 Å². The van der Waals surface area contributed by atoms with E-state index in [1.54, 1.807) is 11.1 Å². The second-order valence-electron chi connectivity index (χ2n) is 5.60. The Labute approximate surface area is 106 Å². The van der Waals surface area contributed by atoms with Gasteiger partial charge in [0.05, 0.1) is 0 Å². The summed E-state index contributed by atoms with van der Waals surface area (Å²) in [6.45, 7) is 9.13. The zero-order chi connectivity index (χ0) is 12.4. The largest absolute Gasteiger partial charge is 0.0667 e. The van der Waals surface area contributed by atoms with Gasteiger partial charge in [0, 0.05) is 0 Å². The third kappa shape index (κ3) is 2.62. The van der Waals surface area contributed by atoms with E-state index in [1.807, 2.05) is 0 Å². The van der Waals surface area contributed by atoms with Gasteiger partial charge < -0.3 is 0 Å². The van der Waals surface area contributed by atoms with E-state index >= 15 is 0 Å². The summed E-state index contributed by atoms with van der Waals surface area (Å²) in [5, 5.41) is 0. The lowest BCUT2D eigenvalue weighted by Crippen LogP contribution is -2.08. The molecule has 0 fully saturated rings. The van der Waals surface area contributed by atoms with E-state index in [-0.39, 0.29) is 0 Å². The van der Waals surface area contributed by atoms with E-state index in [9.17, 15) is 0 Å². The van der Waals surface area contributed by atoms with Crippen molar-refractivity contribution in [1.29, 1.82) is 0 Å². The summed E-state index contributed by atoms with van der Waals surface area (Å²) in [4.78, 5) is 0. The van der Waals surface area contributed by atoms with Crippen LogP contribution in [0, 0.1) is 19.8 Å². The lowest BCUT2D eigenvalue weighted by Gasteiger charge is -2.26. The molecule has 2 rings (SSSR count). The fourth-order valence-electron chi connectivity index (χ4n) is 2.92. The molecule has 17 heavy (non-hydrogen) atoms. The first-order valence-electron chi connectivity index (χ1n) is 6.90. The zero-order valence-corrected chi connectivity index (χ0v) is 11.6. The molecule has 0 heteroatoms. The van der Waals surface area contributed by atoms with E-state index in [1.165, 1.54) is 42.4 Å². The smallest absolute Gasteiger partial charge is 0.0193 e. The molecule has 0 saturated heterocycles. The van der Waals surface area contributed by atoms with Crippen molar-refractivity contribution in [1.82, 2.24) is 0 Å². The molecule has 0 saturated carbocycles. The van der Waals surface area contributed by atoms with E-state index in [0.29, 0.717) is 0 Å². The predicted molar refractivity (Wildman–Crippen MR) is 76.1 cm³/mol. The van der Waals surface area contributed by atoms with Crippen molar-refractivity contribution in [3.05, 3.63) is 40.5 Å². The van der Waals surface area contributed by atoms with Crippen molar-refractivity contribution in [2.45, 2.75) is 53.4 Å². The van der Waals surface area contributed by atoms with Crippen LogP contribution in [0.1, 0.15) is 56.2 Å². The van der Waals surface area contributed by atoms with Gasteiger partial charge in [-0.2, -0.15) is 0 Å². The van der Waals surface area contributed by atoms with Crippen LogP contribution in [0.15, 0.2) is 23.8 Å². The van der Waals surface area contributed by atoms with Gasteiger partial charge in [-0.25, -0.2) is 0 Å². The van der Waals surface area contributed by atoms with Crippen LogP contribution in [0.25, 0.3) is 5.57 Å². The van der Waals surface area contributed by atoms with E-state index in [2.05, 4.69) is 45.9 Å². The standard InChI is InChI=1S/C17H24/c1-5-15-9-7-13(3)11-17(15)16-10-12(2)6-8-14(16)4/h6,8,10,13H,5,7,9,11H2,1-4H3. The molecule has 0 bridgehead atoms. The number of allylic oxidation sites excluding steroid dienone is 2. The zero-order valence-electron chi connectivity index (χ0n) is 11.6. The van der Waals surface area contributed by atoms with Crippen LogP contribution in [0.3, 0.4) is 0 Å². The molecule has 0 amide bonds. The monoisotopic (exact) mass is 228 g/mol. The third-order valence-corrected chi connectivity index (χ3v) is 4.06. The van der Waals surface area contributed by atoms with Gasteiger partial charge in [-0.3, -0.25) is 0 Å². The third-order valence-electron chi connectivity index (χ3n) is 4.06. The highest BCUT2D eigenvalue weighted by Crippen LogP contribution is 2.38. The predicted octanol–water partition coefficient (Wildman–Crippen LogP) is 5.29. The highest BCUT2D eigenvalue weighted by atomic mass is 14.2. The normalized spacial score (nSPS) is 20.8. The first-order valence-corrected chi connectivity index (χ1v) is 6.90. The summed E-state index contributed by atoms with van der Waals surface area (Å²) in [5.74, 6) is 0.847. The summed E-state index contributed by atoms with van der Waals surface area (Å²) in [7, 11) is 0. The molecule has 0 heterocycles. The summed E-state index contributed by atoms with van der Waals surface area (Å²) in [5.41, 5.74) is 7.66. The molecule has 1 aliphatic rings. The number of aryl methyl sites for hydroxylation is 2. The highest BCUT2D eigenvalue weighted by Gasteiger charge is 2.19. The Morgan fingerprint density at radius 3 is 2.71 bits per heavy atom. The minimum atomic E-state index is 0.847. The molecule has 1 unspecified atom stereocenters. The molecule has 1 aromatic carbocycles. The minimum Gasteiger partial charge on any atom is -0.0667 e. The van der Waals surface area contributed by atoms with Crippen LogP contribution in [-0.4, -0.2) is 0 Å². The second kappa shape index (κ2) is 5.08. The van der Waals surface area contributed by atoms with Crippen LogP contribution in [0.4, 0.5) is 0 Å². The van der Waals surface area contributed by atoms with Gasteiger partial charge in [-0.1, -0.05) is 43.2 Å². The molecular formula is C17H24. The Hall–Kier alpha value is -1.04. The van der Waals surface area contributed by atoms with Crippen LogP contribution >= 0.6 is 0 Å². The average Bonchev–Trinajstić information content (AvgIpc) is 2.32. The van der Waals surface area contributed by atoms with Crippen molar-refractivity contribution in [2.75, 3.05) is 0 Å². The number of benzene rings is 1. The Kier molecular flexibility index (Phi) is 3.71. The van der Waals surface area contributed by atoms with Gasteiger partial charge in [0.25, 0.3) is 0 Å². The molecule has 0 aliphatic heterocycles. The van der Waals surface area contributed by atoms with Gasteiger partial charge in [0.1, 0.15) is 0 Å². The van der Waals surface area contributed by atoms with Gasteiger partial charge in [-0.15, -0.1) is 0 Å². The van der Waals surface area contributed by atoms with Gasteiger partial charge in [-0.05, 0) is 62.1 Å². The molecule has 0 nitrogen and oxygen atoms in total. The summed E-state index contributed by atoms with van der Waals surface area (Å²) >= 11 is 0. The lowest BCUT2D eigenvalue weighted by molar-refractivity contribution is 0.518. The summed E-state index contributed by atoms with van der Waals surface area (Å²) in [6.07, 6.45) is 5.17. The van der Waals surface area contributed by atoms with E-state index in [4.69, 9.17) is 0 Å². The number of rotatable bonds is 2. The minimum absolute atomic E-state index is 0.847. The Morgan fingerprint density at radius 1 is 1.24 bits per heavy atom. The molecule has 1 aliphatic carbocycles. The fourth-order valence-corrected chi connectivity index (χ4v) is 2.92. The molecular weight excluding hydrogens is 204 g/mol. The second-order valence-corrected chi connectivity index (χ2v) is 5.60. The van der Waals surface area contributed by atoms with Crippen molar-refractivity contribution in [3.8, 4) is 0 Å². The first kappa shape index (κ1) is 12.4. The Bertz CT molecular complexity index is 437. The fraction of sp³-hybridized carbons (Fsp3) is 0.529. The molecule has 1 atom stereocenters. The van der Waals surface area contributed by atoms with Gasteiger partial charge in [0.15, 0.2) is 0 Å². The summed E-state index contributed by atoms with van der Waals surface area (Å²) < 4.78 is 0. The van der Waals surface area contributed by atoms with Crippen molar-refractivity contribution in [3.63, 3.8) is 0 Å². The first-order chi connectivity index (χ1) is 8.11. The lowest BCUT2D eigenvalue weighted by atomic mass is 9.79. The summed E-state index contributed by atoms with van der Waals surface area (Å²) in [6, 6.07) is 6.86. The van der Waals surface area contributed by atoms with Crippen molar-refractivity contribution < 1.29 is 0 Å². The average molecular weight is 228 g/mol. The molecule has 0 spiro atoms. The van der Waals surface area contributed by atoms with Gasteiger partial charge in [0.2, 0.25) is 0 Å². The van der Waals surface area contributed by atoms with Crippen molar-refractivity contribution in [2.24, 2.45) is 5.92 Å². The molecule has 0 N–H and O–H groups in total. The van der Waals surface area contributed by atoms with Crippen LogP contribution in [-0.2, 0) is 0 Å². The molecule has 0 radical (unpaired) electrons. The number of hydrogen-bond donors (Lipinski definition) is 0. The maximum atomic E-state index is 2.39. The molecule has 1 aromatic rings. The van der Waals surface area contributed by atoms with Crippen molar-refractivity contribution >= 4 is 5.57 Å². The highest BCUT2D eigenvalue weighted by molar-refractivity contribution is 5.72. The molecule has 0 aromatic heterocycles. The maximum Gasteiger partial charge on any atom is -0.0193 e. The topological polar surface area (TPSA) is 0 Å². The maximum absolute atomic E-state index is 2.39. The van der Waals surface area contributed by atoms with Crippen LogP contribution in [0.5, 0.6) is 0 Å². The van der Waals surface area contributed by atoms with Crippen LogP contribution in [0.2, 0.25) is 0 Å².